The van der Waals surface area contributed by atoms with Gasteiger partial charge in [-0.1, -0.05) is 41.4 Å². The van der Waals surface area contributed by atoms with Gasteiger partial charge in [-0.2, -0.15) is 0 Å². The molecule has 1 heterocycles. The number of amides is 3. The predicted molar refractivity (Wildman–Crippen MR) is 134 cm³/mol. The van der Waals surface area contributed by atoms with Crippen molar-refractivity contribution in [3.05, 3.63) is 63.6 Å². The Kier molecular flexibility index (Phi) is 7.83. The zero-order valence-corrected chi connectivity index (χ0v) is 22.2. The van der Waals surface area contributed by atoms with E-state index in [-0.39, 0.29) is 35.9 Å². The molecule has 1 aliphatic heterocycles. The zero-order chi connectivity index (χ0) is 26.1. The summed E-state index contributed by atoms with van der Waals surface area (Å²) in [6.07, 6.45) is -0.308. The van der Waals surface area contributed by atoms with Crippen molar-refractivity contribution < 1.29 is 22.8 Å². The lowest BCUT2D eigenvalue weighted by molar-refractivity contribution is -0.141. The molecule has 0 fully saturated rings. The summed E-state index contributed by atoms with van der Waals surface area (Å²) in [6.45, 7) is 6.68. The summed E-state index contributed by atoms with van der Waals surface area (Å²) in [6, 6.07) is 9.83. The lowest BCUT2D eigenvalue weighted by Crippen LogP contribution is -2.52. The number of carbonyl (C=O) groups excluding carboxylic acids is 3. The molecule has 1 atom stereocenters. The largest absolute Gasteiger partial charge is 0.350 e. The number of carbonyl (C=O) groups is 3. The topological polar surface area (TPSA) is 104 Å². The minimum Gasteiger partial charge on any atom is -0.350 e. The molecule has 1 N–H and O–H groups in total. The molecule has 3 amide bonds. The first-order valence-corrected chi connectivity index (χ1v) is 13.1. The predicted octanol–water partition coefficient (Wildman–Crippen LogP) is 3.86. The lowest BCUT2D eigenvalue weighted by Gasteiger charge is -2.32. The van der Waals surface area contributed by atoms with Crippen LogP contribution >= 0.6 is 23.2 Å². The lowest BCUT2D eigenvalue weighted by atomic mass is 10.1. The van der Waals surface area contributed by atoms with Gasteiger partial charge in [0, 0.05) is 35.1 Å². The number of nitrogens with one attached hydrogen (secondary N) is 1. The van der Waals surface area contributed by atoms with E-state index >= 15 is 0 Å². The molecule has 35 heavy (non-hydrogen) atoms. The van der Waals surface area contributed by atoms with E-state index in [2.05, 4.69) is 5.32 Å². The second kappa shape index (κ2) is 10.2. The third-order valence-electron chi connectivity index (χ3n) is 5.46. The van der Waals surface area contributed by atoms with Gasteiger partial charge < -0.3 is 10.2 Å². The highest BCUT2D eigenvalue weighted by molar-refractivity contribution is 7.90. The van der Waals surface area contributed by atoms with Crippen LogP contribution in [0.5, 0.6) is 0 Å². The summed E-state index contributed by atoms with van der Waals surface area (Å²) in [7, 11) is -4.05. The number of hydrogen-bond donors (Lipinski definition) is 1. The number of hydrogen-bond acceptors (Lipinski definition) is 5. The number of rotatable bonds is 7. The van der Waals surface area contributed by atoms with Crippen molar-refractivity contribution in [2.24, 2.45) is 0 Å². The van der Waals surface area contributed by atoms with Gasteiger partial charge in [-0.25, -0.2) is 12.7 Å². The molecule has 0 bridgehead atoms. The van der Waals surface area contributed by atoms with Crippen molar-refractivity contribution in [3.8, 4) is 0 Å². The molecule has 0 aliphatic carbocycles. The summed E-state index contributed by atoms with van der Waals surface area (Å²) in [5.41, 5.74) is 0.111. The van der Waals surface area contributed by atoms with Crippen molar-refractivity contribution in [3.63, 3.8) is 0 Å². The van der Waals surface area contributed by atoms with Gasteiger partial charge in [-0.3, -0.25) is 14.4 Å². The molecule has 2 aromatic carbocycles. The highest BCUT2D eigenvalue weighted by atomic mass is 35.5. The van der Waals surface area contributed by atoms with E-state index in [1.165, 1.54) is 29.2 Å². The summed E-state index contributed by atoms with van der Waals surface area (Å²) >= 11 is 12.3. The van der Waals surface area contributed by atoms with Gasteiger partial charge in [-0.05, 0) is 57.5 Å². The average molecular weight is 540 g/mol. The number of nitrogens with zero attached hydrogens (tertiary/aromatic N) is 2. The van der Waals surface area contributed by atoms with Crippen LogP contribution in [0.15, 0.2) is 47.4 Å². The van der Waals surface area contributed by atoms with Gasteiger partial charge in [0.2, 0.25) is 11.8 Å². The Morgan fingerprint density at radius 3 is 2.37 bits per heavy atom. The van der Waals surface area contributed by atoms with Crippen LogP contribution in [-0.2, 0) is 26.2 Å². The fraction of sp³-hybridized carbons (Fsp3) is 0.375. The van der Waals surface area contributed by atoms with E-state index in [0.29, 0.717) is 19.9 Å². The fourth-order valence-corrected chi connectivity index (χ4v) is 5.72. The molecular weight excluding hydrogens is 513 g/mol. The van der Waals surface area contributed by atoms with Crippen molar-refractivity contribution in [2.75, 3.05) is 6.54 Å². The molecule has 0 radical (unpaired) electrons. The van der Waals surface area contributed by atoms with E-state index in [9.17, 15) is 22.8 Å². The molecule has 1 aliphatic rings. The number of benzene rings is 2. The van der Waals surface area contributed by atoms with E-state index in [1.807, 2.05) is 20.8 Å². The van der Waals surface area contributed by atoms with Crippen LogP contribution in [0.2, 0.25) is 10.0 Å². The van der Waals surface area contributed by atoms with Crippen molar-refractivity contribution in [2.45, 2.75) is 57.1 Å². The maximum absolute atomic E-state index is 13.3. The Hall–Kier alpha value is -2.62. The Labute approximate surface area is 215 Å². The smallest absolute Gasteiger partial charge is 0.269 e. The first kappa shape index (κ1) is 27.0. The van der Waals surface area contributed by atoms with E-state index < -0.39 is 33.4 Å². The van der Waals surface area contributed by atoms with Crippen LogP contribution in [0, 0.1) is 0 Å². The molecular formula is C24H27Cl2N3O5S. The first-order chi connectivity index (χ1) is 16.2. The Morgan fingerprint density at radius 1 is 1.11 bits per heavy atom. The second-order valence-electron chi connectivity index (χ2n) is 9.30. The van der Waals surface area contributed by atoms with Gasteiger partial charge in [0.25, 0.3) is 15.9 Å². The number of fused-ring (bicyclic) bond motifs is 1. The summed E-state index contributed by atoms with van der Waals surface area (Å²) in [5, 5.41) is 3.59. The zero-order valence-electron chi connectivity index (χ0n) is 19.8. The number of sulfonamides is 1. The fourth-order valence-electron chi connectivity index (χ4n) is 3.68. The van der Waals surface area contributed by atoms with Crippen LogP contribution < -0.4 is 5.32 Å². The molecule has 188 valence electrons. The van der Waals surface area contributed by atoms with Crippen molar-refractivity contribution in [1.82, 2.24) is 14.5 Å². The molecule has 11 heteroatoms. The molecule has 0 saturated carbocycles. The third kappa shape index (κ3) is 5.97. The highest BCUT2D eigenvalue weighted by Crippen LogP contribution is 2.30. The Bertz CT molecular complexity index is 1270. The monoisotopic (exact) mass is 539 g/mol. The molecule has 0 aromatic heterocycles. The van der Waals surface area contributed by atoms with E-state index in [1.54, 1.807) is 25.1 Å². The van der Waals surface area contributed by atoms with Gasteiger partial charge in [0.1, 0.15) is 10.9 Å². The van der Waals surface area contributed by atoms with Crippen LogP contribution in [0.1, 0.15) is 50.0 Å². The maximum Gasteiger partial charge on any atom is 0.269 e. The van der Waals surface area contributed by atoms with Crippen LogP contribution in [-0.4, -0.2) is 53.5 Å². The minimum atomic E-state index is -4.05. The third-order valence-corrected chi connectivity index (χ3v) is 7.89. The second-order valence-corrected chi connectivity index (χ2v) is 12.0. The average Bonchev–Trinajstić information content (AvgIpc) is 2.95. The summed E-state index contributed by atoms with van der Waals surface area (Å²) < 4.78 is 26.4. The van der Waals surface area contributed by atoms with Gasteiger partial charge >= 0.3 is 0 Å². The molecule has 0 saturated heterocycles. The Morgan fingerprint density at radius 2 is 1.77 bits per heavy atom. The van der Waals surface area contributed by atoms with Gasteiger partial charge in [0.05, 0.1) is 5.56 Å². The summed E-state index contributed by atoms with van der Waals surface area (Å²) in [4.78, 5) is 40.1. The van der Waals surface area contributed by atoms with Gasteiger partial charge in [0.15, 0.2) is 0 Å². The molecule has 0 unspecified atom stereocenters. The Balaban J connectivity index is 1.83. The maximum atomic E-state index is 13.3. The van der Waals surface area contributed by atoms with Crippen LogP contribution in [0.4, 0.5) is 0 Å². The SMILES string of the molecule is C[C@H](C(=O)NC(C)(C)C)N(Cc1ccc(Cl)cc1Cl)C(=O)CCN1C(=O)c2ccccc2S1(=O)=O. The highest BCUT2D eigenvalue weighted by Gasteiger charge is 2.41. The minimum absolute atomic E-state index is 0.00547. The van der Waals surface area contributed by atoms with E-state index in [0.717, 1.165) is 0 Å². The van der Waals surface area contributed by atoms with Crippen molar-refractivity contribution in [1.29, 1.82) is 0 Å². The van der Waals surface area contributed by atoms with Gasteiger partial charge in [-0.15, -0.1) is 0 Å². The van der Waals surface area contributed by atoms with E-state index in [4.69, 9.17) is 23.2 Å². The quantitative estimate of drug-likeness (QED) is 0.575. The van der Waals surface area contributed by atoms with Crippen molar-refractivity contribution >= 4 is 50.9 Å². The molecule has 8 nitrogen and oxygen atoms in total. The van der Waals surface area contributed by atoms with Crippen LogP contribution in [0.3, 0.4) is 0 Å². The standard InChI is InChI=1S/C24H27Cl2N3O5S/c1-15(22(31)27-24(2,3)4)28(14-16-9-10-17(25)13-19(16)26)21(30)11-12-29-23(32)18-7-5-6-8-20(18)35(29,33)34/h5-10,13,15H,11-12,14H2,1-4H3,(H,27,31)/t15-/m1/s1. The number of halogens is 2. The normalized spacial score (nSPS) is 15.5. The molecule has 3 rings (SSSR count). The molecule has 0 spiro atoms. The summed E-state index contributed by atoms with van der Waals surface area (Å²) in [5.74, 6) is -1.57. The van der Waals surface area contributed by atoms with Crippen LogP contribution in [0.25, 0.3) is 0 Å². The molecule has 2 aromatic rings. The first-order valence-electron chi connectivity index (χ1n) is 10.9.